The first-order valence-corrected chi connectivity index (χ1v) is 6.24. The van der Waals surface area contributed by atoms with Gasteiger partial charge in [-0.05, 0) is 25.8 Å². The molecule has 1 aromatic heterocycles. The molecule has 0 aliphatic rings. The van der Waals surface area contributed by atoms with E-state index in [0.717, 1.165) is 38.3 Å². The molecule has 0 spiro atoms. The number of hydrogen-bond donors (Lipinski definition) is 2. The molecule has 5 heteroatoms. The van der Waals surface area contributed by atoms with Gasteiger partial charge in [-0.25, -0.2) is 4.98 Å². The summed E-state index contributed by atoms with van der Waals surface area (Å²) < 4.78 is 0. The first-order valence-electron chi connectivity index (χ1n) is 6.24. The number of hydrogen-bond acceptors (Lipinski definition) is 5. The van der Waals surface area contributed by atoms with Crippen molar-refractivity contribution in [3.63, 3.8) is 0 Å². The number of aromatic nitrogens is 2. The van der Waals surface area contributed by atoms with Crippen LogP contribution in [-0.4, -0.2) is 41.3 Å². The van der Waals surface area contributed by atoms with E-state index in [1.54, 1.807) is 6.20 Å². The third kappa shape index (κ3) is 4.56. The Kier molecular flexibility index (Phi) is 6.32. The van der Waals surface area contributed by atoms with Crippen LogP contribution in [0.25, 0.3) is 0 Å². The predicted octanol–water partition coefficient (Wildman–Crippen LogP) is 1.51. The molecule has 2 N–H and O–H groups in total. The molecular formula is C12H22N4O. The topological polar surface area (TPSA) is 61.3 Å². The zero-order valence-corrected chi connectivity index (χ0v) is 10.7. The number of rotatable bonds is 8. The molecule has 0 saturated carbocycles. The summed E-state index contributed by atoms with van der Waals surface area (Å²) in [6.07, 6.45) is 3.58. The van der Waals surface area contributed by atoms with E-state index >= 15 is 0 Å². The Morgan fingerprint density at radius 1 is 1.41 bits per heavy atom. The van der Waals surface area contributed by atoms with Crippen molar-refractivity contribution in [1.29, 1.82) is 0 Å². The molecule has 0 radical (unpaired) electrons. The molecule has 0 fully saturated rings. The first-order chi connectivity index (χ1) is 8.31. The van der Waals surface area contributed by atoms with Crippen LogP contribution in [0.5, 0.6) is 0 Å². The van der Waals surface area contributed by atoms with Crippen molar-refractivity contribution in [2.24, 2.45) is 0 Å². The predicted molar refractivity (Wildman–Crippen MR) is 70.4 cm³/mol. The van der Waals surface area contributed by atoms with Crippen molar-refractivity contribution in [2.75, 3.05) is 36.5 Å². The number of nitrogens with zero attached hydrogens (tertiary/aromatic N) is 3. The monoisotopic (exact) mass is 238 g/mol. The average molecular weight is 238 g/mol. The van der Waals surface area contributed by atoms with Gasteiger partial charge in [0.05, 0.1) is 0 Å². The van der Waals surface area contributed by atoms with Crippen LogP contribution in [0, 0.1) is 0 Å². The second-order valence-corrected chi connectivity index (χ2v) is 3.82. The van der Waals surface area contributed by atoms with Gasteiger partial charge in [0.1, 0.15) is 5.82 Å². The van der Waals surface area contributed by atoms with Gasteiger partial charge in [-0.1, -0.05) is 6.92 Å². The molecule has 0 aliphatic heterocycles. The summed E-state index contributed by atoms with van der Waals surface area (Å²) in [5.41, 5.74) is 0. The Bertz CT molecular complexity index is 319. The van der Waals surface area contributed by atoms with Crippen LogP contribution in [0.1, 0.15) is 26.7 Å². The molecule has 0 aromatic carbocycles. The van der Waals surface area contributed by atoms with E-state index in [-0.39, 0.29) is 6.61 Å². The maximum atomic E-state index is 8.86. The van der Waals surface area contributed by atoms with Gasteiger partial charge in [-0.3, -0.25) is 0 Å². The van der Waals surface area contributed by atoms with Crippen LogP contribution < -0.4 is 10.2 Å². The third-order valence-corrected chi connectivity index (χ3v) is 2.47. The summed E-state index contributed by atoms with van der Waals surface area (Å²) in [5, 5.41) is 12.0. The summed E-state index contributed by atoms with van der Waals surface area (Å²) in [6, 6.07) is 1.90. The van der Waals surface area contributed by atoms with E-state index in [1.807, 2.05) is 6.07 Å². The van der Waals surface area contributed by atoms with Crippen LogP contribution in [0.2, 0.25) is 0 Å². The molecule has 0 unspecified atom stereocenters. The minimum absolute atomic E-state index is 0.211. The summed E-state index contributed by atoms with van der Waals surface area (Å²) >= 11 is 0. The molecule has 0 saturated heterocycles. The first kappa shape index (κ1) is 13.7. The van der Waals surface area contributed by atoms with E-state index in [0.29, 0.717) is 5.95 Å². The molecule has 1 rings (SSSR count). The average Bonchev–Trinajstić information content (AvgIpc) is 2.38. The maximum absolute atomic E-state index is 8.86. The van der Waals surface area contributed by atoms with Gasteiger partial charge >= 0.3 is 0 Å². The summed E-state index contributed by atoms with van der Waals surface area (Å²) in [5.74, 6) is 1.58. The zero-order chi connectivity index (χ0) is 12.5. The lowest BCUT2D eigenvalue weighted by molar-refractivity contribution is 0.289. The van der Waals surface area contributed by atoms with Crippen molar-refractivity contribution in [3.8, 4) is 0 Å². The molecule has 1 aromatic rings. The summed E-state index contributed by atoms with van der Waals surface area (Å²) in [6.45, 7) is 6.98. The lowest BCUT2D eigenvalue weighted by Crippen LogP contribution is -2.26. The van der Waals surface area contributed by atoms with E-state index < -0.39 is 0 Å². The largest absolute Gasteiger partial charge is 0.396 e. The fourth-order valence-electron chi connectivity index (χ4n) is 1.54. The van der Waals surface area contributed by atoms with E-state index in [9.17, 15) is 0 Å². The van der Waals surface area contributed by atoms with E-state index in [2.05, 4.69) is 34.0 Å². The smallest absolute Gasteiger partial charge is 0.224 e. The van der Waals surface area contributed by atoms with Crippen molar-refractivity contribution in [3.05, 3.63) is 12.3 Å². The molecule has 17 heavy (non-hydrogen) atoms. The van der Waals surface area contributed by atoms with Crippen LogP contribution in [0.15, 0.2) is 12.3 Å². The molecule has 0 atom stereocenters. The minimum Gasteiger partial charge on any atom is -0.396 e. The van der Waals surface area contributed by atoms with E-state index in [4.69, 9.17) is 5.11 Å². The van der Waals surface area contributed by atoms with Crippen molar-refractivity contribution < 1.29 is 5.11 Å². The second-order valence-electron chi connectivity index (χ2n) is 3.82. The minimum atomic E-state index is 0.211. The molecule has 0 amide bonds. The van der Waals surface area contributed by atoms with Gasteiger partial charge in [0, 0.05) is 32.4 Å². The van der Waals surface area contributed by atoms with Gasteiger partial charge in [0.15, 0.2) is 0 Å². The second kappa shape index (κ2) is 7.84. The Morgan fingerprint density at radius 3 is 2.88 bits per heavy atom. The van der Waals surface area contributed by atoms with Crippen LogP contribution in [0.3, 0.4) is 0 Å². The fraction of sp³-hybridized carbons (Fsp3) is 0.667. The molecule has 1 heterocycles. The van der Waals surface area contributed by atoms with Crippen LogP contribution in [-0.2, 0) is 0 Å². The Labute approximate surface area is 103 Å². The number of aliphatic hydroxyl groups is 1. The highest BCUT2D eigenvalue weighted by atomic mass is 16.3. The Balaban J connectivity index is 2.66. The molecule has 0 aliphatic carbocycles. The highest BCUT2D eigenvalue weighted by molar-refractivity contribution is 5.42. The summed E-state index contributed by atoms with van der Waals surface area (Å²) in [4.78, 5) is 10.8. The van der Waals surface area contributed by atoms with Crippen LogP contribution >= 0.6 is 0 Å². The van der Waals surface area contributed by atoms with Gasteiger partial charge < -0.3 is 15.3 Å². The van der Waals surface area contributed by atoms with Gasteiger partial charge in [-0.2, -0.15) is 4.98 Å². The van der Waals surface area contributed by atoms with Gasteiger partial charge in [0.2, 0.25) is 5.95 Å². The lowest BCUT2D eigenvalue weighted by Gasteiger charge is -2.21. The Morgan fingerprint density at radius 2 is 2.24 bits per heavy atom. The van der Waals surface area contributed by atoms with Crippen molar-refractivity contribution >= 4 is 11.8 Å². The van der Waals surface area contributed by atoms with Gasteiger partial charge in [-0.15, -0.1) is 0 Å². The molecule has 96 valence electrons. The zero-order valence-electron chi connectivity index (χ0n) is 10.7. The van der Waals surface area contributed by atoms with E-state index in [1.165, 1.54) is 0 Å². The number of anilines is 2. The quantitative estimate of drug-likeness (QED) is 0.719. The maximum Gasteiger partial charge on any atom is 0.224 e. The SMILES string of the molecule is CCCNc1nccc(N(CC)CCCO)n1. The highest BCUT2D eigenvalue weighted by Gasteiger charge is 2.06. The van der Waals surface area contributed by atoms with Crippen LogP contribution in [0.4, 0.5) is 11.8 Å². The van der Waals surface area contributed by atoms with Gasteiger partial charge in [0.25, 0.3) is 0 Å². The lowest BCUT2D eigenvalue weighted by atomic mass is 10.4. The van der Waals surface area contributed by atoms with Crippen molar-refractivity contribution in [2.45, 2.75) is 26.7 Å². The summed E-state index contributed by atoms with van der Waals surface area (Å²) in [7, 11) is 0. The highest BCUT2D eigenvalue weighted by Crippen LogP contribution is 2.12. The number of nitrogens with one attached hydrogen (secondary N) is 1. The molecular weight excluding hydrogens is 216 g/mol. The molecule has 5 nitrogen and oxygen atoms in total. The number of aliphatic hydroxyl groups excluding tert-OH is 1. The third-order valence-electron chi connectivity index (χ3n) is 2.47. The standard InChI is InChI=1S/C12H22N4O/c1-3-7-13-12-14-8-6-11(15-12)16(4-2)9-5-10-17/h6,8,17H,3-5,7,9-10H2,1-2H3,(H,13,14,15). The fourth-order valence-corrected chi connectivity index (χ4v) is 1.54. The van der Waals surface area contributed by atoms with Crippen molar-refractivity contribution in [1.82, 2.24) is 9.97 Å². The molecule has 0 bridgehead atoms. The normalized spacial score (nSPS) is 10.3. The Hall–Kier alpha value is -1.36.